The Labute approximate surface area is 150 Å². The summed E-state index contributed by atoms with van der Waals surface area (Å²) in [6.07, 6.45) is 0.501. The van der Waals surface area contributed by atoms with E-state index in [0.29, 0.717) is 35.0 Å². The number of carbonyl (C=O) groups is 1. The van der Waals surface area contributed by atoms with Crippen LogP contribution in [0.2, 0.25) is 0 Å². The van der Waals surface area contributed by atoms with Crippen LogP contribution in [0.1, 0.15) is 23.6 Å². The molecule has 0 spiro atoms. The summed E-state index contributed by atoms with van der Waals surface area (Å²) < 4.78 is 16.1. The first-order valence-corrected chi connectivity index (χ1v) is 8.16. The highest BCUT2D eigenvalue weighted by Crippen LogP contribution is 2.36. The average molecular weight is 351 g/mol. The molecule has 2 aliphatic heterocycles. The number of rotatable bonds is 3. The van der Waals surface area contributed by atoms with E-state index in [1.54, 1.807) is 0 Å². The van der Waals surface area contributed by atoms with Crippen molar-refractivity contribution in [2.24, 2.45) is 10.2 Å². The molecule has 2 aromatic carbocycles. The molecule has 0 radical (unpaired) electrons. The topological polar surface area (TPSA) is 95.5 Å². The van der Waals surface area contributed by atoms with E-state index in [1.807, 2.05) is 36.4 Å². The lowest BCUT2D eigenvalue weighted by Gasteiger charge is -2.11. The summed E-state index contributed by atoms with van der Waals surface area (Å²) >= 11 is 0. The minimum atomic E-state index is -0.356. The van der Waals surface area contributed by atoms with Gasteiger partial charge in [-0.05, 0) is 29.8 Å². The number of esters is 1. The van der Waals surface area contributed by atoms with Crippen molar-refractivity contribution in [3.63, 3.8) is 0 Å². The Morgan fingerprint density at radius 1 is 1.15 bits per heavy atom. The van der Waals surface area contributed by atoms with Crippen molar-refractivity contribution in [1.82, 2.24) is 0 Å². The van der Waals surface area contributed by atoms with Crippen LogP contribution in [0.15, 0.2) is 46.6 Å². The van der Waals surface area contributed by atoms with Gasteiger partial charge >= 0.3 is 5.97 Å². The number of hydrogen-bond donors (Lipinski definition) is 1. The van der Waals surface area contributed by atoms with Gasteiger partial charge in [-0.2, -0.15) is 5.10 Å². The number of nitrogens with zero attached hydrogens (tertiary/aromatic N) is 2. The zero-order valence-electron chi connectivity index (χ0n) is 14.2. The summed E-state index contributed by atoms with van der Waals surface area (Å²) in [5.41, 5.74) is 10.6. The summed E-state index contributed by atoms with van der Waals surface area (Å²) in [5.74, 6) is 1.01. The highest BCUT2D eigenvalue weighted by atomic mass is 16.7. The Morgan fingerprint density at radius 2 is 1.88 bits per heavy atom. The maximum Gasteiger partial charge on any atom is 0.303 e. The minimum absolute atomic E-state index is 0.0989. The maximum absolute atomic E-state index is 11.1. The van der Waals surface area contributed by atoms with E-state index in [9.17, 15) is 4.79 Å². The van der Waals surface area contributed by atoms with Crippen LogP contribution in [0, 0.1) is 0 Å². The lowest BCUT2D eigenvalue weighted by molar-refractivity contribution is -0.139. The van der Waals surface area contributed by atoms with Gasteiger partial charge in [0.2, 0.25) is 6.79 Å². The van der Waals surface area contributed by atoms with Crippen LogP contribution in [0.25, 0.3) is 0 Å². The van der Waals surface area contributed by atoms with Gasteiger partial charge in [-0.1, -0.05) is 12.1 Å². The predicted molar refractivity (Wildman–Crippen MR) is 96.8 cm³/mol. The number of hydrogen-bond acceptors (Lipinski definition) is 7. The Hall–Kier alpha value is -3.35. The lowest BCUT2D eigenvalue weighted by atomic mass is 9.94. The molecule has 2 heterocycles. The third-order valence-electron chi connectivity index (χ3n) is 4.17. The first kappa shape index (κ1) is 16.1. The number of anilines is 1. The molecular weight excluding hydrogens is 334 g/mol. The number of nitrogens with two attached hydrogens (primary N) is 1. The standard InChI is InChI=1S/C19H17N3O4/c1-11(23)24-9-15-6-13-7-17-18(26-10-25-17)8-16(13)19(22-21-15)12-2-4-14(20)5-3-12/h2-5,7-8H,6,9-10,20H2,1H3. The van der Waals surface area contributed by atoms with Crippen LogP contribution in [-0.2, 0) is 16.0 Å². The van der Waals surface area contributed by atoms with Gasteiger partial charge in [-0.3, -0.25) is 4.79 Å². The van der Waals surface area contributed by atoms with Crippen molar-refractivity contribution in [2.45, 2.75) is 13.3 Å². The Morgan fingerprint density at radius 3 is 2.62 bits per heavy atom. The molecule has 0 saturated carbocycles. The fourth-order valence-electron chi connectivity index (χ4n) is 2.90. The van der Waals surface area contributed by atoms with Gasteiger partial charge in [0.05, 0.1) is 5.71 Å². The van der Waals surface area contributed by atoms with Crippen molar-refractivity contribution >= 4 is 23.1 Å². The molecule has 0 atom stereocenters. The molecule has 0 amide bonds. The molecule has 4 rings (SSSR count). The molecule has 0 aliphatic carbocycles. The molecule has 7 nitrogen and oxygen atoms in total. The van der Waals surface area contributed by atoms with Crippen molar-refractivity contribution in [1.29, 1.82) is 0 Å². The smallest absolute Gasteiger partial charge is 0.303 e. The molecule has 0 bridgehead atoms. The van der Waals surface area contributed by atoms with Gasteiger partial charge in [-0.25, -0.2) is 0 Å². The van der Waals surface area contributed by atoms with Gasteiger partial charge in [-0.15, -0.1) is 5.10 Å². The predicted octanol–water partition coefficient (Wildman–Crippen LogP) is 2.31. The minimum Gasteiger partial charge on any atom is -0.460 e. The van der Waals surface area contributed by atoms with Crippen LogP contribution in [-0.4, -0.2) is 30.8 Å². The number of carbonyl (C=O) groups excluding carboxylic acids is 1. The van der Waals surface area contributed by atoms with Crippen LogP contribution in [0.3, 0.4) is 0 Å². The summed E-state index contributed by atoms with van der Waals surface area (Å²) in [6, 6.07) is 11.3. The van der Waals surface area contributed by atoms with Gasteiger partial charge in [0.25, 0.3) is 0 Å². The molecular formula is C19H17N3O4. The summed E-state index contributed by atoms with van der Waals surface area (Å²) in [7, 11) is 0. The van der Waals surface area contributed by atoms with Gasteiger partial charge in [0.15, 0.2) is 11.5 Å². The van der Waals surface area contributed by atoms with Gasteiger partial charge in [0, 0.05) is 30.2 Å². The second kappa shape index (κ2) is 6.51. The molecule has 0 unspecified atom stereocenters. The van der Waals surface area contributed by atoms with Gasteiger partial charge in [0.1, 0.15) is 12.3 Å². The average Bonchev–Trinajstić information content (AvgIpc) is 3.00. The van der Waals surface area contributed by atoms with E-state index in [4.69, 9.17) is 19.9 Å². The van der Waals surface area contributed by atoms with Crippen LogP contribution in [0.4, 0.5) is 5.69 Å². The third-order valence-corrected chi connectivity index (χ3v) is 4.17. The van der Waals surface area contributed by atoms with E-state index < -0.39 is 0 Å². The molecule has 0 fully saturated rings. The van der Waals surface area contributed by atoms with E-state index >= 15 is 0 Å². The monoisotopic (exact) mass is 351 g/mol. The number of nitrogen functional groups attached to an aromatic ring is 1. The zero-order valence-corrected chi connectivity index (χ0v) is 14.2. The van der Waals surface area contributed by atoms with Gasteiger partial charge < -0.3 is 19.9 Å². The van der Waals surface area contributed by atoms with Crippen molar-refractivity contribution < 1.29 is 19.0 Å². The maximum atomic E-state index is 11.1. The van der Waals surface area contributed by atoms with Crippen molar-refractivity contribution in [2.75, 3.05) is 19.1 Å². The normalized spacial score (nSPS) is 14.8. The second-order valence-corrected chi connectivity index (χ2v) is 6.06. The first-order chi connectivity index (χ1) is 12.6. The first-order valence-electron chi connectivity index (χ1n) is 8.16. The Kier molecular flexibility index (Phi) is 4.04. The third kappa shape index (κ3) is 3.11. The second-order valence-electron chi connectivity index (χ2n) is 6.06. The Bertz CT molecular complexity index is 933. The quantitative estimate of drug-likeness (QED) is 0.676. The summed E-state index contributed by atoms with van der Waals surface area (Å²) in [6.45, 7) is 1.66. The molecule has 2 aliphatic rings. The van der Waals surface area contributed by atoms with E-state index in [0.717, 1.165) is 16.7 Å². The molecule has 2 aromatic rings. The van der Waals surface area contributed by atoms with Crippen LogP contribution < -0.4 is 15.2 Å². The fourth-order valence-corrected chi connectivity index (χ4v) is 2.90. The Balaban J connectivity index is 1.80. The fraction of sp³-hybridized carbons (Fsp3) is 0.211. The van der Waals surface area contributed by atoms with Crippen molar-refractivity contribution in [3.05, 3.63) is 53.1 Å². The largest absolute Gasteiger partial charge is 0.460 e. The van der Waals surface area contributed by atoms with Crippen LogP contribution in [0.5, 0.6) is 11.5 Å². The SMILES string of the molecule is CC(=O)OCC1=NN=C(c2ccc(N)cc2)c2cc3c(cc2C1)OCO3. The van der Waals surface area contributed by atoms with Crippen molar-refractivity contribution in [3.8, 4) is 11.5 Å². The number of benzene rings is 2. The molecule has 7 heteroatoms. The van der Waals surface area contributed by atoms with E-state index in [-0.39, 0.29) is 19.4 Å². The van der Waals surface area contributed by atoms with E-state index in [1.165, 1.54) is 6.92 Å². The molecule has 0 aromatic heterocycles. The molecule has 2 N–H and O–H groups in total. The highest BCUT2D eigenvalue weighted by Gasteiger charge is 2.23. The lowest BCUT2D eigenvalue weighted by Crippen LogP contribution is -2.14. The highest BCUT2D eigenvalue weighted by molar-refractivity contribution is 6.15. The zero-order chi connectivity index (χ0) is 18.1. The summed E-state index contributed by atoms with van der Waals surface area (Å²) in [4.78, 5) is 11.1. The number of fused-ring (bicyclic) bond motifs is 2. The van der Waals surface area contributed by atoms with E-state index in [2.05, 4.69) is 10.2 Å². The molecule has 132 valence electrons. The summed E-state index contributed by atoms with van der Waals surface area (Å²) in [5, 5.41) is 8.73. The number of ether oxygens (including phenoxy) is 3. The molecule has 0 saturated heterocycles. The molecule has 26 heavy (non-hydrogen) atoms. The van der Waals surface area contributed by atoms with Crippen LogP contribution >= 0.6 is 0 Å².